The van der Waals surface area contributed by atoms with Gasteiger partial charge in [0, 0.05) is 16.9 Å². The Morgan fingerprint density at radius 1 is 1.19 bits per heavy atom. The second-order valence-electron chi connectivity index (χ2n) is 3.17. The lowest BCUT2D eigenvalue weighted by Crippen LogP contribution is -1.93. The number of nitrogens with zero attached hydrogens (tertiary/aromatic N) is 2. The van der Waals surface area contributed by atoms with E-state index >= 15 is 0 Å². The third-order valence-electron chi connectivity index (χ3n) is 2.01. The van der Waals surface area contributed by atoms with Gasteiger partial charge in [0.1, 0.15) is 5.82 Å². The average molecular weight is 230 g/mol. The lowest BCUT2D eigenvalue weighted by atomic mass is 10.3. The minimum absolute atomic E-state index is 0.575. The summed E-state index contributed by atoms with van der Waals surface area (Å²) in [5.41, 5.74) is 1.46. The van der Waals surface area contributed by atoms with Crippen LogP contribution in [0, 0.1) is 11.3 Å². The van der Waals surface area contributed by atoms with Gasteiger partial charge >= 0.3 is 0 Å². The smallest absolute Gasteiger partial charge is 0.131 e. The van der Waals surface area contributed by atoms with Crippen LogP contribution in [0.2, 0.25) is 5.02 Å². The van der Waals surface area contributed by atoms with Crippen molar-refractivity contribution in [2.75, 3.05) is 5.32 Å². The molecule has 16 heavy (non-hydrogen) atoms. The maximum Gasteiger partial charge on any atom is 0.131 e. The molecule has 0 saturated carbocycles. The van der Waals surface area contributed by atoms with Crippen LogP contribution in [-0.4, -0.2) is 4.98 Å². The van der Waals surface area contributed by atoms with E-state index in [0.717, 1.165) is 5.69 Å². The van der Waals surface area contributed by atoms with E-state index in [1.807, 2.05) is 12.1 Å². The minimum atomic E-state index is 0.575. The molecule has 0 saturated heterocycles. The number of hydrogen-bond acceptors (Lipinski definition) is 3. The first-order chi connectivity index (χ1) is 7.78. The Bertz CT molecular complexity index is 529. The molecule has 0 aliphatic heterocycles. The molecule has 0 atom stereocenters. The molecule has 2 rings (SSSR count). The average Bonchev–Trinajstić information content (AvgIpc) is 2.32. The van der Waals surface area contributed by atoms with Crippen molar-refractivity contribution in [2.45, 2.75) is 0 Å². The lowest BCUT2D eigenvalue weighted by Gasteiger charge is -2.05. The Morgan fingerprint density at radius 3 is 2.62 bits per heavy atom. The Morgan fingerprint density at radius 2 is 1.94 bits per heavy atom. The number of pyridine rings is 1. The Hall–Kier alpha value is -2.05. The monoisotopic (exact) mass is 229 g/mol. The van der Waals surface area contributed by atoms with E-state index < -0.39 is 0 Å². The van der Waals surface area contributed by atoms with Crippen LogP contribution >= 0.6 is 11.6 Å². The minimum Gasteiger partial charge on any atom is -0.340 e. The summed E-state index contributed by atoms with van der Waals surface area (Å²) in [6.45, 7) is 0. The van der Waals surface area contributed by atoms with E-state index in [9.17, 15) is 0 Å². The Balaban J connectivity index is 2.21. The summed E-state index contributed by atoms with van der Waals surface area (Å²) in [7, 11) is 0. The van der Waals surface area contributed by atoms with E-state index in [2.05, 4.69) is 16.4 Å². The first-order valence-corrected chi connectivity index (χ1v) is 5.04. The van der Waals surface area contributed by atoms with Gasteiger partial charge < -0.3 is 5.32 Å². The molecule has 4 heteroatoms. The SMILES string of the molecule is N#Cc1ccnc(Nc2ccc(Cl)cc2)c1. The molecule has 0 radical (unpaired) electrons. The molecule has 1 N–H and O–H groups in total. The normalized spacial score (nSPS) is 9.50. The third kappa shape index (κ3) is 2.50. The first kappa shape index (κ1) is 10.5. The molecule has 0 amide bonds. The van der Waals surface area contributed by atoms with Crippen molar-refractivity contribution in [3.63, 3.8) is 0 Å². The number of hydrogen-bond donors (Lipinski definition) is 1. The summed E-state index contributed by atoms with van der Waals surface area (Å²) in [6.07, 6.45) is 1.59. The van der Waals surface area contributed by atoms with Gasteiger partial charge in [-0.05, 0) is 36.4 Å². The van der Waals surface area contributed by atoms with Crippen molar-refractivity contribution in [1.29, 1.82) is 5.26 Å². The van der Waals surface area contributed by atoms with Crippen LogP contribution in [0.5, 0.6) is 0 Å². The summed E-state index contributed by atoms with van der Waals surface area (Å²) < 4.78 is 0. The molecular formula is C12H8ClN3. The topological polar surface area (TPSA) is 48.7 Å². The van der Waals surface area contributed by atoms with Crippen LogP contribution in [0.15, 0.2) is 42.6 Å². The highest BCUT2D eigenvalue weighted by Crippen LogP contribution is 2.17. The number of anilines is 2. The molecule has 0 bridgehead atoms. The fourth-order valence-electron chi connectivity index (χ4n) is 1.25. The molecule has 1 aromatic carbocycles. The van der Waals surface area contributed by atoms with E-state index in [-0.39, 0.29) is 0 Å². The quantitative estimate of drug-likeness (QED) is 0.859. The molecule has 2 aromatic rings. The maximum atomic E-state index is 8.74. The zero-order valence-electron chi connectivity index (χ0n) is 8.31. The van der Waals surface area contributed by atoms with Gasteiger partial charge in [0.15, 0.2) is 0 Å². The van der Waals surface area contributed by atoms with Gasteiger partial charge in [-0.2, -0.15) is 5.26 Å². The van der Waals surface area contributed by atoms with Gasteiger partial charge in [0.05, 0.1) is 11.6 Å². The molecule has 0 spiro atoms. The lowest BCUT2D eigenvalue weighted by molar-refractivity contribution is 1.29. The molecule has 0 unspecified atom stereocenters. The molecule has 1 aromatic heterocycles. The number of halogens is 1. The number of aromatic nitrogens is 1. The maximum absolute atomic E-state index is 8.74. The van der Waals surface area contributed by atoms with Crippen LogP contribution in [-0.2, 0) is 0 Å². The van der Waals surface area contributed by atoms with Crippen molar-refractivity contribution < 1.29 is 0 Å². The Labute approximate surface area is 98.3 Å². The predicted octanol–water partition coefficient (Wildman–Crippen LogP) is 3.35. The molecule has 0 aliphatic carbocycles. The summed E-state index contributed by atoms with van der Waals surface area (Å²) in [6, 6.07) is 12.7. The van der Waals surface area contributed by atoms with Crippen molar-refractivity contribution in [3.8, 4) is 6.07 Å². The first-order valence-electron chi connectivity index (χ1n) is 4.67. The summed E-state index contributed by atoms with van der Waals surface area (Å²) in [5, 5.41) is 12.5. The van der Waals surface area contributed by atoms with E-state index in [1.165, 1.54) is 0 Å². The number of nitrogens with one attached hydrogen (secondary N) is 1. The molecule has 3 nitrogen and oxygen atoms in total. The van der Waals surface area contributed by atoms with Crippen LogP contribution in [0.4, 0.5) is 11.5 Å². The van der Waals surface area contributed by atoms with Crippen LogP contribution in [0.1, 0.15) is 5.56 Å². The molecule has 78 valence electrons. The van der Waals surface area contributed by atoms with Gasteiger partial charge in [0.25, 0.3) is 0 Å². The zero-order chi connectivity index (χ0) is 11.4. The van der Waals surface area contributed by atoms with Crippen LogP contribution < -0.4 is 5.32 Å². The molecule has 0 fully saturated rings. The van der Waals surface area contributed by atoms with Crippen LogP contribution in [0.3, 0.4) is 0 Å². The standard InChI is InChI=1S/C12H8ClN3/c13-10-1-3-11(4-2-10)16-12-7-9(8-14)5-6-15-12/h1-7H,(H,15,16). The van der Waals surface area contributed by atoms with E-state index in [1.54, 1.807) is 30.5 Å². The highest BCUT2D eigenvalue weighted by molar-refractivity contribution is 6.30. The van der Waals surface area contributed by atoms with Crippen molar-refractivity contribution in [1.82, 2.24) is 4.98 Å². The van der Waals surface area contributed by atoms with Gasteiger partial charge in [-0.1, -0.05) is 11.6 Å². The number of rotatable bonds is 2. The van der Waals surface area contributed by atoms with Gasteiger partial charge in [-0.15, -0.1) is 0 Å². The molecule has 1 heterocycles. The van der Waals surface area contributed by atoms with E-state index in [0.29, 0.717) is 16.4 Å². The summed E-state index contributed by atoms with van der Waals surface area (Å²) in [4.78, 5) is 4.11. The molecule has 0 aliphatic rings. The highest BCUT2D eigenvalue weighted by Gasteiger charge is 1.97. The van der Waals surface area contributed by atoms with Gasteiger partial charge in [-0.3, -0.25) is 0 Å². The largest absolute Gasteiger partial charge is 0.340 e. The van der Waals surface area contributed by atoms with Crippen molar-refractivity contribution >= 4 is 23.1 Å². The van der Waals surface area contributed by atoms with Crippen molar-refractivity contribution in [3.05, 3.63) is 53.2 Å². The Kier molecular flexibility index (Phi) is 3.04. The zero-order valence-corrected chi connectivity index (χ0v) is 9.07. The summed E-state index contributed by atoms with van der Waals surface area (Å²) in [5.74, 6) is 0.640. The van der Waals surface area contributed by atoms with Gasteiger partial charge in [0.2, 0.25) is 0 Å². The fourth-order valence-corrected chi connectivity index (χ4v) is 1.38. The molecular weight excluding hydrogens is 222 g/mol. The second kappa shape index (κ2) is 4.65. The predicted molar refractivity (Wildman–Crippen MR) is 63.7 cm³/mol. The summed E-state index contributed by atoms with van der Waals surface area (Å²) >= 11 is 5.78. The number of benzene rings is 1. The third-order valence-corrected chi connectivity index (χ3v) is 2.26. The van der Waals surface area contributed by atoms with Crippen molar-refractivity contribution in [2.24, 2.45) is 0 Å². The second-order valence-corrected chi connectivity index (χ2v) is 3.61. The van der Waals surface area contributed by atoms with Crippen LogP contribution in [0.25, 0.3) is 0 Å². The highest BCUT2D eigenvalue weighted by atomic mass is 35.5. The fraction of sp³-hybridized carbons (Fsp3) is 0. The number of nitriles is 1. The van der Waals surface area contributed by atoms with Gasteiger partial charge in [-0.25, -0.2) is 4.98 Å². The van der Waals surface area contributed by atoms with E-state index in [4.69, 9.17) is 16.9 Å².